The fourth-order valence-electron chi connectivity index (χ4n) is 1.78. The van der Waals surface area contributed by atoms with Crippen LogP contribution in [0.2, 0.25) is 0 Å². The zero-order chi connectivity index (χ0) is 12.8. The van der Waals surface area contributed by atoms with Crippen LogP contribution in [0.25, 0.3) is 0 Å². The summed E-state index contributed by atoms with van der Waals surface area (Å²) in [5.41, 5.74) is 0.461. The molecule has 1 saturated heterocycles. The summed E-state index contributed by atoms with van der Waals surface area (Å²) in [7, 11) is 0. The summed E-state index contributed by atoms with van der Waals surface area (Å²) in [5, 5.41) is 8.67. The van der Waals surface area contributed by atoms with E-state index in [1.165, 1.54) is 12.1 Å². The molecule has 18 heavy (non-hydrogen) atoms. The summed E-state index contributed by atoms with van der Waals surface area (Å²) in [6.45, 7) is 1.76. The van der Waals surface area contributed by atoms with Gasteiger partial charge >= 0.3 is 0 Å². The summed E-state index contributed by atoms with van der Waals surface area (Å²) in [6.07, 6.45) is 0.985. The van der Waals surface area contributed by atoms with Gasteiger partial charge in [-0.15, -0.1) is 0 Å². The molecule has 1 heterocycles. The first kappa shape index (κ1) is 12.9. The molecule has 1 aromatic carbocycles. The molecule has 1 fully saturated rings. The molecule has 0 aliphatic carbocycles. The Morgan fingerprint density at radius 2 is 2.39 bits per heavy atom. The number of ether oxygens (including phenoxy) is 2. The Hall–Kier alpha value is -1.57. The maximum Gasteiger partial charge on any atom is 0.135 e. The molecule has 0 amide bonds. The van der Waals surface area contributed by atoms with Crippen LogP contribution >= 0.6 is 0 Å². The van der Waals surface area contributed by atoms with Crippen LogP contribution in [0.1, 0.15) is 12.0 Å². The molecule has 96 valence electrons. The number of hydrogen-bond acceptors (Lipinski definition) is 3. The Kier molecular flexibility index (Phi) is 4.57. The van der Waals surface area contributed by atoms with Crippen molar-refractivity contribution in [2.75, 3.05) is 26.4 Å². The normalized spacial score (nSPS) is 18.2. The van der Waals surface area contributed by atoms with E-state index in [0.717, 1.165) is 13.0 Å². The number of rotatable bonds is 3. The van der Waals surface area contributed by atoms with E-state index in [4.69, 9.17) is 14.6 Å². The topological polar surface area (TPSA) is 38.7 Å². The molecule has 0 saturated carbocycles. The quantitative estimate of drug-likeness (QED) is 0.828. The van der Waals surface area contributed by atoms with E-state index in [0.29, 0.717) is 30.4 Å². The van der Waals surface area contributed by atoms with Crippen molar-refractivity contribution in [3.8, 4) is 17.6 Å². The van der Waals surface area contributed by atoms with E-state index in [9.17, 15) is 4.39 Å². The predicted molar refractivity (Wildman–Crippen MR) is 64.8 cm³/mol. The summed E-state index contributed by atoms with van der Waals surface area (Å²) < 4.78 is 24.0. The van der Waals surface area contributed by atoms with Crippen molar-refractivity contribution in [2.45, 2.75) is 6.42 Å². The second kappa shape index (κ2) is 6.39. The van der Waals surface area contributed by atoms with Gasteiger partial charge in [0.25, 0.3) is 0 Å². The molecule has 1 aliphatic rings. The van der Waals surface area contributed by atoms with Gasteiger partial charge in [0, 0.05) is 12.5 Å². The maximum atomic E-state index is 13.1. The highest BCUT2D eigenvalue weighted by Crippen LogP contribution is 2.21. The Labute approximate surface area is 106 Å². The Morgan fingerprint density at radius 1 is 1.50 bits per heavy atom. The van der Waals surface area contributed by atoms with Gasteiger partial charge in [-0.25, -0.2) is 4.39 Å². The van der Waals surface area contributed by atoms with Crippen molar-refractivity contribution in [3.05, 3.63) is 29.6 Å². The van der Waals surface area contributed by atoms with Gasteiger partial charge in [0.2, 0.25) is 0 Å². The van der Waals surface area contributed by atoms with Crippen molar-refractivity contribution in [3.63, 3.8) is 0 Å². The summed E-state index contributed by atoms with van der Waals surface area (Å²) in [4.78, 5) is 0. The lowest BCUT2D eigenvalue weighted by Gasteiger charge is -2.11. The second-order valence-electron chi connectivity index (χ2n) is 4.14. The molecule has 1 atom stereocenters. The molecule has 0 spiro atoms. The first-order chi connectivity index (χ1) is 8.79. The Bertz CT molecular complexity index is 456. The van der Waals surface area contributed by atoms with Gasteiger partial charge in [-0.2, -0.15) is 0 Å². The van der Waals surface area contributed by atoms with E-state index in [2.05, 4.69) is 11.8 Å². The molecular formula is C14H15FO3. The highest BCUT2D eigenvalue weighted by molar-refractivity contribution is 5.46. The molecule has 4 heteroatoms. The lowest BCUT2D eigenvalue weighted by molar-refractivity contribution is 0.167. The first-order valence-corrected chi connectivity index (χ1v) is 5.89. The number of aliphatic hydroxyl groups excluding tert-OH is 1. The highest BCUT2D eigenvalue weighted by Gasteiger charge is 2.16. The summed E-state index contributed by atoms with van der Waals surface area (Å²) in [6, 6.07) is 4.21. The molecule has 1 unspecified atom stereocenters. The molecule has 3 nitrogen and oxygen atoms in total. The average Bonchev–Trinajstić information content (AvgIpc) is 2.88. The largest absolute Gasteiger partial charge is 0.492 e. The number of halogens is 1. The monoisotopic (exact) mass is 250 g/mol. The van der Waals surface area contributed by atoms with Gasteiger partial charge in [0.05, 0.1) is 18.8 Å². The fraction of sp³-hybridized carbons (Fsp3) is 0.429. The lowest BCUT2D eigenvalue weighted by atomic mass is 10.1. The number of aliphatic hydroxyl groups is 1. The molecule has 1 aromatic rings. The van der Waals surface area contributed by atoms with Crippen LogP contribution in [-0.4, -0.2) is 31.5 Å². The molecule has 1 N–H and O–H groups in total. The van der Waals surface area contributed by atoms with Crippen molar-refractivity contribution < 1.29 is 19.0 Å². The van der Waals surface area contributed by atoms with E-state index in [1.807, 2.05) is 0 Å². The SMILES string of the molecule is OCC#Cc1cc(F)ccc1OCC1CCOC1. The van der Waals surface area contributed by atoms with Crippen LogP contribution in [0.4, 0.5) is 4.39 Å². The summed E-state index contributed by atoms with van der Waals surface area (Å²) in [5.74, 6) is 5.74. The minimum absolute atomic E-state index is 0.258. The number of hydrogen-bond donors (Lipinski definition) is 1. The lowest BCUT2D eigenvalue weighted by Crippen LogP contribution is -2.12. The van der Waals surface area contributed by atoms with E-state index in [-0.39, 0.29) is 12.4 Å². The van der Waals surface area contributed by atoms with E-state index < -0.39 is 0 Å². The van der Waals surface area contributed by atoms with Crippen molar-refractivity contribution in [2.24, 2.45) is 5.92 Å². The smallest absolute Gasteiger partial charge is 0.135 e. The van der Waals surface area contributed by atoms with Crippen LogP contribution in [0.5, 0.6) is 5.75 Å². The highest BCUT2D eigenvalue weighted by atomic mass is 19.1. The van der Waals surface area contributed by atoms with Gasteiger partial charge in [-0.1, -0.05) is 11.8 Å². The predicted octanol–water partition coefficient (Wildman–Crippen LogP) is 1.58. The third kappa shape index (κ3) is 3.46. The van der Waals surface area contributed by atoms with Crippen molar-refractivity contribution >= 4 is 0 Å². The van der Waals surface area contributed by atoms with Gasteiger partial charge in [0.15, 0.2) is 0 Å². The van der Waals surface area contributed by atoms with Crippen LogP contribution in [0.15, 0.2) is 18.2 Å². The molecular weight excluding hydrogens is 235 g/mol. The molecule has 2 rings (SSSR count). The third-order valence-electron chi connectivity index (χ3n) is 2.74. The minimum Gasteiger partial charge on any atom is -0.492 e. The number of benzene rings is 1. The zero-order valence-corrected chi connectivity index (χ0v) is 9.99. The zero-order valence-electron chi connectivity index (χ0n) is 9.99. The third-order valence-corrected chi connectivity index (χ3v) is 2.74. The van der Waals surface area contributed by atoms with Crippen LogP contribution < -0.4 is 4.74 Å². The molecule has 0 aromatic heterocycles. The van der Waals surface area contributed by atoms with Gasteiger partial charge in [0.1, 0.15) is 18.2 Å². The van der Waals surface area contributed by atoms with Gasteiger partial charge in [-0.05, 0) is 24.6 Å². The van der Waals surface area contributed by atoms with Gasteiger partial charge < -0.3 is 14.6 Å². The molecule has 0 bridgehead atoms. The van der Waals surface area contributed by atoms with Crippen molar-refractivity contribution in [1.29, 1.82) is 0 Å². The molecule has 1 aliphatic heterocycles. The van der Waals surface area contributed by atoms with Crippen molar-refractivity contribution in [1.82, 2.24) is 0 Å². The molecule has 0 radical (unpaired) electrons. The standard InChI is InChI=1S/C14H15FO3/c15-13-3-4-14(12(8-13)2-1-6-16)18-10-11-5-7-17-9-11/h3-4,8,11,16H,5-7,9-10H2. The fourth-order valence-corrected chi connectivity index (χ4v) is 1.78. The Balaban J connectivity index is 2.05. The summed E-state index contributed by atoms with van der Waals surface area (Å²) >= 11 is 0. The second-order valence-corrected chi connectivity index (χ2v) is 4.14. The van der Waals surface area contributed by atoms with E-state index in [1.54, 1.807) is 6.07 Å². The van der Waals surface area contributed by atoms with Crippen LogP contribution in [0, 0.1) is 23.6 Å². The first-order valence-electron chi connectivity index (χ1n) is 5.89. The average molecular weight is 250 g/mol. The maximum absolute atomic E-state index is 13.1. The van der Waals surface area contributed by atoms with Crippen LogP contribution in [0.3, 0.4) is 0 Å². The minimum atomic E-state index is -0.367. The van der Waals surface area contributed by atoms with Crippen LogP contribution in [-0.2, 0) is 4.74 Å². The Morgan fingerprint density at radius 3 is 3.11 bits per heavy atom. The van der Waals surface area contributed by atoms with Gasteiger partial charge in [-0.3, -0.25) is 0 Å². The van der Waals surface area contributed by atoms with E-state index >= 15 is 0 Å².